The molecule has 2 rings (SSSR count). The molecule has 0 amide bonds. The Morgan fingerprint density at radius 2 is 2.00 bits per heavy atom. The molecule has 0 bridgehead atoms. The SMILES string of the molecule is Cc1cc(C(Cc2ccccc2C)C(=O)O)ncc1Br. The number of carboxylic acids is 1. The molecule has 3 nitrogen and oxygen atoms in total. The predicted octanol–water partition coefficient (Wildman–Crippen LogP) is 3.87. The highest BCUT2D eigenvalue weighted by Crippen LogP contribution is 2.24. The number of benzene rings is 1. The number of aromatic nitrogens is 1. The summed E-state index contributed by atoms with van der Waals surface area (Å²) < 4.78 is 0.890. The maximum absolute atomic E-state index is 11.6. The van der Waals surface area contributed by atoms with E-state index in [0.29, 0.717) is 12.1 Å². The van der Waals surface area contributed by atoms with Crippen molar-refractivity contribution >= 4 is 21.9 Å². The minimum absolute atomic E-state index is 0.454. The maximum atomic E-state index is 11.6. The van der Waals surface area contributed by atoms with Gasteiger partial charge in [-0.15, -0.1) is 0 Å². The van der Waals surface area contributed by atoms with Gasteiger partial charge in [-0.3, -0.25) is 9.78 Å². The predicted molar refractivity (Wildman–Crippen MR) is 81.9 cm³/mol. The van der Waals surface area contributed by atoms with E-state index in [4.69, 9.17) is 0 Å². The van der Waals surface area contributed by atoms with Crippen molar-refractivity contribution in [2.75, 3.05) is 0 Å². The van der Waals surface area contributed by atoms with Crippen LogP contribution in [0.3, 0.4) is 0 Å². The summed E-state index contributed by atoms with van der Waals surface area (Å²) in [6, 6.07) is 9.69. The van der Waals surface area contributed by atoms with Crippen LogP contribution in [0.5, 0.6) is 0 Å². The van der Waals surface area contributed by atoms with Crippen LogP contribution in [-0.2, 0) is 11.2 Å². The Hall–Kier alpha value is -1.68. The van der Waals surface area contributed by atoms with E-state index in [1.165, 1.54) is 0 Å². The third kappa shape index (κ3) is 3.25. The van der Waals surface area contributed by atoms with E-state index in [2.05, 4.69) is 20.9 Å². The van der Waals surface area contributed by atoms with Crippen LogP contribution in [-0.4, -0.2) is 16.1 Å². The van der Waals surface area contributed by atoms with Crippen molar-refractivity contribution in [1.82, 2.24) is 4.98 Å². The molecule has 0 saturated heterocycles. The van der Waals surface area contributed by atoms with Gasteiger partial charge in [0.25, 0.3) is 0 Å². The first kappa shape index (κ1) is 14.7. The van der Waals surface area contributed by atoms with E-state index in [-0.39, 0.29) is 0 Å². The second-order valence-corrected chi connectivity index (χ2v) is 5.73. The lowest BCUT2D eigenvalue weighted by atomic mass is 9.93. The van der Waals surface area contributed by atoms with Crippen molar-refractivity contribution in [3.63, 3.8) is 0 Å². The van der Waals surface area contributed by atoms with Gasteiger partial charge in [0, 0.05) is 10.7 Å². The first-order valence-electron chi connectivity index (χ1n) is 6.38. The van der Waals surface area contributed by atoms with E-state index in [9.17, 15) is 9.90 Å². The van der Waals surface area contributed by atoms with Crippen molar-refractivity contribution < 1.29 is 9.90 Å². The Morgan fingerprint density at radius 1 is 1.30 bits per heavy atom. The van der Waals surface area contributed by atoms with Crippen molar-refractivity contribution in [3.05, 3.63) is 63.4 Å². The molecule has 1 aromatic heterocycles. The molecule has 0 aliphatic carbocycles. The number of carbonyl (C=O) groups is 1. The fourth-order valence-electron chi connectivity index (χ4n) is 2.13. The summed E-state index contributed by atoms with van der Waals surface area (Å²) >= 11 is 3.38. The number of hydrogen-bond donors (Lipinski definition) is 1. The summed E-state index contributed by atoms with van der Waals surface area (Å²) in [6.45, 7) is 3.93. The highest BCUT2D eigenvalue weighted by Gasteiger charge is 2.22. The molecule has 0 spiro atoms. The molecule has 1 unspecified atom stereocenters. The lowest BCUT2D eigenvalue weighted by molar-refractivity contribution is -0.138. The smallest absolute Gasteiger partial charge is 0.312 e. The minimum atomic E-state index is -0.845. The Labute approximate surface area is 126 Å². The summed E-state index contributed by atoms with van der Waals surface area (Å²) in [4.78, 5) is 15.8. The molecule has 0 fully saturated rings. The number of nitrogens with zero attached hydrogens (tertiary/aromatic N) is 1. The monoisotopic (exact) mass is 333 g/mol. The van der Waals surface area contributed by atoms with Crippen LogP contribution in [0.2, 0.25) is 0 Å². The van der Waals surface area contributed by atoms with E-state index >= 15 is 0 Å². The van der Waals surface area contributed by atoms with Gasteiger partial charge in [-0.25, -0.2) is 0 Å². The van der Waals surface area contributed by atoms with Gasteiger partial charge in [-0.05, 0) is 59.0 Å². The van der Waals surface area contributed by atoms with Gasteiger partial charge in [-0.1, -0.05) is 24.3 Å². The molecule has 104 valence electrons. The topological polar surface area (TPSA) is 50.2 Å². The molecule has 0 aliphatic heterocycles. The van der Waals surface area contributed by atoms with Crippen LogP contribution in [0.4, 0.5) is 0 Å². The van der Waals surface area contributed by atoms with Crippen LogP contribution in [0.1, 0.15) is 28.3 Å². The molecule has 0 aliphatic rings. The number of carboxylic acid groups (broad SMARTS) is 1. The standard InChI is InChI=1S/C16H16BrNO2/c1-10-5-3-4-6-12(10)8-13(16(19)20)15-7-11(2)14(17)9-18-15/h3-7,9,13H,8H2,1-2H3,(H,19,20). The number of aliphatic carboxylic acids is 1. The van der Waals surface area contributed by atoms with Crippen molar-refractivity contribution in [2.45, 2.75) is 26.2 Å². The first-order chi connectivity index (χ1) is 9.49. The van der Waals surface area contributed by atoms with Crippen molar-refractivity contribution in [3.8, 4) is 0 Å². The number of aryl methyl sites for hydroxylation is 2. The summed E-state index contributed by atoms with van der Waals surface area (Å²) in [5, 5.41) is 9.49. The van der Waals surface area contributed by atoms with Crippen LogP contribution in [0.25, 0.3) is 0 Å². The molecule has 4 heteroatoms. The molecular weight excluding hydrogens is 318 g/mol. The molecule has 0 saturated carbocycles. The van der Waals surface area contributed by atoms with Gasteiger partial charge in [0.1, 0.15) is 5.92 Å². The number of pyridine rings is 1. The third-order valence-electron chi connectivity index (χ3n) is 3.41. The van der Waals surface area contributed by atoms with Gasteiger partial charge < -0.3 is 5.11 Å². The average molecular weight is 334 g/mol. The van der Waals surface area contributed by atoms with Crippen LogP contribution < -0.4 is 0 Å². The average Bonchev–Trinajstić information content (AvgIpc) is 2.41. The lowest BCUT2D eigenvalue weighted by Gasteiger charge is -2.14. The van der Waals surface area contributed by atoms with E-state index in [1.807, 2.05) is 44.2 Å². The minimum Gasteiger partial charge on any atom is -0.481 e. The second kappa shape index (κ2) is 6.18. The molecule has 1 N–H and O–H groups in total. The zero-order chi connectivity index (χ0) is 14.7. The van der Waals surface area contributed by atoms with E-state index < -0.39 is 11.9 Å². The summed E-state index contributed by atoms with van der Waals surface area (Å²) in [6.07, 6.45) is 2.12. The Morgan fingerprint density at radius 3 is 2.60 bits per heavy atom. The Balaban J connectivity index is 2.34. The fourth-order valence-corrected chi connectivity index (χ4v) is 2.35. The number of rotatable bonds is 4. The Kier molecular flexibility index (Phi) is 4.55. The fraction of sp³-hybridized carbons (Fsp3) is 0.250. The normalized spacial score (nSPS) is 12.2. The molecule has 20 heavy (non-hydrogen) atoms. The van der Waals surface area contributed by atoms with E-state index in [1.54, 1.807) is 6.20 Å². The maximum Gasteiger partial charge on any atom is 0.312 e. The molecule has 1 atom stereocenters. The van der Waals surface area contributed by atoms with Crippen LogP contribution in [0, 0.1) is 13.8 Å². The lowest BCUT2D eigenvalue weighted by Crippen LogP contribution is -2.16. The largest absolute Gasteiger partial charge is 0.481 e. The number of hydrogen-bond acceptors (Lipinski definition) is 2. The molecular formula is C16H16BrNO2. The van der Waals surface area contributed by atoms with Gasteiger partial charge in [0.2, 0.25) is 0 Å². The third-order valence-corrected chi connectivity index (χ3v) is 4.24. The molecule has 1 heterocycles. The molecule has 2 aromatic rings. The summed E-state index contributed by atoms with van der Waals surface area (Å²) in [7, 11) is 0. The highest BCUT2D eigenvalue weighted by atomic mass is 79.9. The zero-order valence-electron chi connectivity index (χ0n) is 11.4. The van der Waals surface area contributed by atoms with Gasteiger partial charge >= 0.3 is 5.97 Å². The van der Waals surface area contributed by atoms with Gasteiger partial charge in [-0.2, -0.15) is 0 Å². The Bertz CT molecular complexity index is 640. The highest BCUT2D eigenvalue weighted by molar-refractivity contribution is 9.10. The second-order valence-electron chi connectivity index (χ2n) is 4.88. The zero-order valence-corrected chi connectivity index (χ0v) is 13.0. The van der Waals surface area contributed by atoms with Gasteiger partial charge in [0.05, 0.1) is 5.69 Å². The quantitative estimate of drug-likeness (QED) is 0.923. The molecule has 1 aromatic carbocycles. The van der Waals surface area contributed by atoms with Gasteiger partial charge in [0.15, 0.2) is 0 Å². The van der Waals surface area contributed by atoms with Crippen molar-refractivity contribution in [2.24, 2.45) is 0 Å². The summed E-state index contributed by atoms with van der Waals surface area (Å²) in [5.74, 6) is -1.47. The van der Waals surface area contributed by atoms with Crippen LogP contribution >= 0.6 is 15.9 Å². The summed E-state index contributed by atoms with van der Waals surface area (Å²) in [5.41, 5.74) is 3.74. The van der Waals surface area contributed by atoms with Crippen LogP contribution in [0.15, 0.2) is 41.0 Å². The first-order valence-corrected chi connectivity index (χ1v) is 7.17. The number of halogens is 1. The van der Waals surface area contributed by atoms with Crippen molar-refractivity contribution in [1.29, 1.82) is 0 Å². The van der Waals surface area contributed by atoms with E-state index in [0.717, 1.165) is 21.2 Å². The molecule has 0 radical (unpaired) electrons.